The second kappa shape index (κ2) is 8.23. The number of nitrogens with zero attached hydrogens (tertiary/aromatic N) is 1. The molecule has 2 nitrogen and oxygen atoms in total. The molecule has 30 heavy (non-hydrogen) atoms. The molecule has 0 bridgehead atoms. The monoisotopic (exact) mass is 430 g/mol. The highest BCUT2D eigenvalue weighted by atomic mass is 19.4. The Balaban J connectivity index is 2.00. The Kier molecular flexibility index (Phi) is 6.20. The molecule has 1 aliphatic rings. The second-order valence-electron chi connectivity index (χ2n) is 7.96. The van der Waals surface area contributed by atoms with Crippen molar-refractivity contribution in [3.05, 3.63) is 70.3 Å². The minimum atomic E-state index is -4.88. The number of rotatable bonds is 4. The van der Waals surface area contributed by atoms with Crippen LogP contribution >= 0.6 is 0 Å². The standard InChI is InChI=1S/C22H24F6N2/c1-15-11-17(21(23,24)25)12-19(22(26,27)28)18(15)13-29-20(9-6-10-30(2)14-20)16-7-4-3-5-8-16/h3-5,7-8,11-12,29H,6,9-10,13-14H2,1-2H3. The number of benzene rings is 2. The summed E-state index contributed by atoms with van der Waals surface area (Å²) in [7, 11) is 1.95. The highest BCUT2D eigenvalue weighted by Gasteiger charge is 2.40. The molecule has 0 radical (unpaired) electrons. The van der Waals surface area contributed by atoms with Crippen molar-refractivity contribution in [2.45, 2.75) is 44.2 Å². The number of likely N-dealkylation sites (tertiary alicyclic amines) is 1. The van der Waals surface area contributed by atoms with Gasteiger partial charge in [-0.1, -0.05) is 30.3 Å². The first-order valence-corrected chi connectivity index (χ1v) is 9.69. The predicted octanol–water partition coefficient (Wildman–Crippen LogP) is 5.74. The van der Waals surface area contributed by atoms with Gasteiger partial charge in [0, 0.05) is 13.1 Å². The van der Waals surface area contributed by atoms with Crippen molar-refractivity contribution in [2.24, 2.45) is 0 Å². The fourth-order valence-electron chi connectivity index (χ4n) is 4.23. The van der Waals surface area contributed by atoms with Crippen molar-refractivity contribution in [3.8, 4) is 0 Å². The van der Waals surface area contributed by atoms with E-state index < -0.39 is 29.0 Å². The fraction of sp³-hybridized carbons (Fsp3) is 0.455. The third kappa shape index (κ3) is 4.81. The van der Waals surface area contributed by atoms with Crippen LogP contribution in [0.25, 0.3) is 0 Å². The van der Waals surface area contributed by atoms with Crippen LogP contribution in [0.4, 0.5) is 26.3 Å². The van der Waals surface area contributed by atoms with Crippen molar-refractivity contribution >= 4 is 0 Å². The summed E-state index contributed by atoms with van der Waals surface area (Å²) in [5.74, 6) is 0. The van der Waals surface area contributed by atoms with Gasteiger partial charge in [-0.05, 0) is 62.2 Å². The Morgan fingerprint density at radius 2 is 1.67 bits per heavy atom. The van der Waals surface area contributed by atoms with Crippen LogP contribution in [0.15, 0.2) is 42.5 Å². The van der Waals surface area contributed by atoms with Gasteiger partial charge < -0.3 is 10.2 Å². The molecular formula is C22H24F6N2. The average Bonchev–Trinajstić information content (AvgIpc) is 2.65. The summed E-state index contributed by atoms with van der Waals surface area (Å²) in [4.78, 5) is 2.10. The highest BCUT2D eigenvalue weighted by Crippen LogP contribution is 2.39. The van der Waals surface area contributed by atoms with Gasteiger partial charge in [0.1, 0.15) is 0 Å². The maximum atomic E-state index is 13.6. The number of hydrogen-bond acceptors (Lipinski definition) is 2. The summed E-state index contributed by atoms with van der Waals surface area (Å²) in [6.07, 6.45) is -8.14. The lowest BCUT2D eigenvalue weighted by atomic mass is 9.82. The number of hydrogen-bond donors (Lipinski definition) is 1. The number of nitrogens with one attached hydrogen (secondary N) is 1. The first-order valence-electron chi connectivity index (χ1n) is 9.69. The van der Waals surface area contributed by atoms with Crippen molar-refractivity contribution < 1.29 is 26.3 Å². The molecule has 1 fully saturated rings. The molecule has 0 spiro atoms. The highest BCUT2D eigenvalue weighted by molar-refractivity contribution is 5.42. The van der Waals surface area contributed by atoms with Crippen molar-refractivity contribution in [1.82, 2.24) is 10.2 Å². The molecule has 1 N–H and O–H groups in total. The second-order valence-corrected chi connectivity index (χ2v) is 7.96. The lowest BCUT2D eigenvalue weighted by Gasteiger charge is -2.43. The van der Waals surface area contributed by atoms with Crippen LogP contribution in [0, 0.1) is 6.92 Å². The molecule has 1 saturated heterocycles. The molecule has 3 rings (SSSR count). The number of alkyl halides is 6. The SMILES string of the molecule is Cc1cc(C(F)(F)F)cc(C(F)(F)F)c1CNC1(c2ccccc2)CCCN(C)C1. The zero-order valence-corrected chi connectivity index (χ0v) is 16.8. The number of aryl methyl sites for hydroxylation is 1. The van der Waals surface area contributed by atoms with Crippen LogP contribution in [-0.4, -0.2) is 25.0 Å². The van der Waals surface area contributed by atoms with E-state index in [1.54, 1.807) is 0 Å². The van der Waals surface area contributed by atoms with E-state index in [4.69, 9.17) is 0 Å². The Hall–Kier alpha value is -2.06. The Morgan fingerprint density at radius 1 is 1.00 bits per heavy atom. The van der Waals surface area contributed by atoms with E-state index in [-0.39, 0.29) is 23.7 Å². The average molecular weight is 430 g/mol. The van der Waals surface area contributed by atoms with Gasteiger partial charge >= 0.3 is 12.4 Å². The van der Waals surface area contributed by atoms with E-state index >= 15 is 0 Å². The summed E-state index contributed by atoms with van der Waals surface area (Å²) in [6.45, 7) is 2.59. The Morgan fingerprint density at radius 3 is 2.23 bits per heavy atom. The van der Waals surface area contributed by atoms with Gasteiger partial charge in [-0.2, -0.15) is 26.3 Å². The van der Waals surface area contributed by atoms with E-state index in [1.165, 1.54) is 6.92 Å². The first-order chi connectivity index (χ1) is 13.9. The van der Waals surface area contributed by atoms with Gasteiger partial charge in [-0.15, -0.1) is 0 Å². The van der Waals surface area contributed by atoms with E-state index in [0.29, 0.717) is 6.54 Å². The van der Waals surface area contributed by atoms with Crippen LogP contribution < -0.4 is 5.32 Å². The molecule has 1 atom stereocenters. The molecule has 164 valence electrons. The first kappa shape index (κ1) is 22.6. The fourth-order valence-corrected chi connectivity index (χ4v) is 4.23. The zero-order chi connectivity index (χ0) is 22.2. The molecule has 8 heteroatoms. The smallest absolute Gasteiger partial charge is 0.304 e. The molecule has 0 amide bonds. The summed E-state index contributed by atoms with van der Waals surface area (Å²) < 4.78 is 80.2. The quantitative estimate of drug-likeness (QED) is 0.622. The maximum Gasteiger partial charge on any atom is 0.416 e. The molecule has 1 aliphatic heterocycles. The molecule has 2 aromatic rings. The minimum absolute atomic E-state index is 0.0305. The Bertz CT molecular complexity index is 876. The summed E-state index contributed by atoms with van der Waals surface area (Å²) in [6, 6.07) is 10.5. The Labute approximate surface area is 171 Å². The largest absolute Gasteiger partial charge is 0.416 e. The van der Waals surface area contributed by atoms with Crippen molar-refractivity contribution in [1.29, 1.82) is 0 Å². The van der Waals surface area contributed by atoms with E-state index in [2.05, 4.69) is 10.2 Å². The topological polar surface area (TPSA) is 15.3 Å². The van der Waals surface area contributed by atoms with Gasteiger partial charge in [0.25, 0.3) is 0 Å². The van der Waals surface area contributed by atoms with Gasteiger partial charge in [0.05, 0.1) is 16.7 Å². The van der Waals surface area contributed by atoms with Gasteiger partial charge in [0.15, 0.2) is 0 Å². The van der Waals surface area contributed by atoms with Gasteiger partial charge in [-0.3, -0.25) is 0 Å². The zero-order valence-electron chi connectivity index (χ0n) is 16.8. The molecule has 1 unspecified atom stereocenters. The van der Waals surface area contributed by atoms with Gasteiger partial charge in [0.2, 0.25) is 0 Å². The minimum Gasteiger partial charge on any atom is -0.304 e. The molecule has 1 heterocycles. The lowest BCUT2D eigenvalue weighted by Crippen LogP contribution is -2.53. The normalized spacial score (nSPS) is 21.1. The molecule has 0 saturated carbocycles. The summed E-state index contributed by atoms with van der Waals surface area (Å²) in [5, 5.41) is 3.29. The lowest BCUT2D eigenvalue weighted by molar-refractivity contribution is -0.143. The third-order valence-corrected chi connectivity index (χ3v) is 5.72. The molecule has 0 aromatic heterocycles. The van der Waals surface area contributed by atoms with Crippen molar-refractivity contribution in [2.75, 3.05) is 20.1 Å². The number of halogens is 6. The van der Waals surface area contributed by atoms with Gasteiger partial charge in [-0.25, -0.2) is 0 Å². The van der Waals surface area contributed by atoms with E-state index in [9.17, 15) is 26.3 Å². The van der Waals surface area contributed by atoms with E-state index in [1.807, 2.05) is 37.4 Å². The van der Waals surface area contributed by atoms with Crippen LogP contribution in [-0.2, 0) is 24.4 Å². The maximum absolute atomic E-state index is 13.6. The predicted molar refractivity (Wildman–Crippen MR) is 103 cm³/mol. The number of piperidine rings is 1. The molecule has 2 aromatic carbocycles. The van der Waals surface area contributed by atoms with Crippen LogP contribution in [0.2, 0.25) is 0 Å². The van der Waals surface area contributed by atoms with Crippen LogP contribution in [0.3, 0.4) is 0 Å². The van der Waals surface area contributed by atoms with Crippen LogP contribution in [0.1, 0.15) is 40.7 Å². The molecule has 0 aliphatic carbocycles. The van der Waals surface area contributed by atoms with E-state index in [0.717, 1.165) is 31.0 Å². The summed E-state index contributed by atoms with van der Waals surface area (Å²) in [5.41, 5.74) is -2.33. The van der Waals surface area contributed by atoms with Crippen molar-refractivity contribution in [3.63, 3.8) is 0 Å². The van der Waals surface area contributed by atoms with Crippen LogP contribution in [0.5, 0.6) is 0 Å². The number of likely N-dealkylation sites (N-methyl/N-ethyl adjacent to an activating group) is 1. The molecular weight excluding hydrogens is 406 g/mol. The summed E-state index contributed by atoms with van der Waals surface area (Å²) >= 11 is 0. The third-order valence-electron chi connectivity index (χ3n) is 5.72.